The van der Waals surface area contributed by atoms with Crippen molar-refractivity contribution in [3.05, 3.63) is 52.5 Å². The minimum absolute atomic E-state index is 0.0515. The highest BCUT2D eigenvalue weighted by molar-refractivity contribution is 7.89. The summed E-state index contributed by atoms with van der Waals surface area (Å²) in [5, 5.41) is 2.00. The third-order valence-electron chi connectivity index (χ3n) is 4.54. The van der Waals surface area contributed by atoms with E-state index in [1.54, 1.807) is 16.2 Å². The highest BCUT2D eigenvalue weighted by Gasteiger charge is 2.29. The lowest BCUT2D eigenvalue weighted by Gasteiger charge is -2.21. The van der Waals surface area contributed by atoms with Crippen LogP contribution in [0.4, 0.5) is 4.39 Å². The zero-order valence-corrected chi connectivity index (χ0v) is 16.7. The SMILES string of the molecule is O=C(c1cc2sccc2s1)N1CCCN(S(=O)(=O)c2ccc(F)cc2)CC1. The Bertz CT molecular complexity index is 1040. The molecule has 5 nitrogen and oxygen atoms in total. The van der Waals surface area contributed by atoms with E-state index in [9.17, 15) is 17.6 Å². The molecule has 3 heterocycles. The van der Waals surface area contributed by atoms with Gasteiger partial charge in [0.2, 0.25) is 10.0 Å². The maximum absolute atomic E-state index is 13.1. The van der Waals surface area contributed by atoms with Gasteiger partial charge in [0.15, 0.2) is 0 Å². The van der Waals surface area contributed by atoms with Gasteiger partial charge in [0.25, 0.3) is 5.91 Å². The number of sulfonamides is 1. The van der Waals surface area contributed by atoms with Crippen molar-refractivity contribution in [1.82, 2.24) is 9.21 Å². The number of halogens is 1. The topological polar surface area (TPSA) is 57.7 Å². The van der Waals surface area contributed by atoms with Crippen LogP contribution in [0.25, 0.3) is 9.40 Å². The summed E-state index contributed by atoms with van der Waals surface area (Å²) in [5.74, 6) is -0.526. The van der Waals surface area contributed by atoms with Gasteiger partial charge in [0.05, 0.1) is 9.77 Å². The number of amides is 1. The molecule has 0 saturated carbocycles. The number of thiophene rings is 2. The molecule has 27 heavy (non-hydrogen) atoms. The molecule has 9 heteroatoms. The van der Waals surface area contributed by atoms with Gasteiger partial charge >= 0.3 is 0 Å². The molecule has 1 aliphatic rings. The van der Waals surface area contributed by atoms with Gasteiger partial charge in [-0.3, -0.25) is 4.79 Å². The lowest BCUT2D eigenvalue weighted by molar-refractivity contribution is 0.0769. The van der Waals surface area contributed by atoms with Crippen LogP contribution in [0, 0.1) is 5.82 Å². The predicted molar refractivity (Wildman–Crippen MR) is 105 cm³/mol. The summed E-state index contributed by atoms with van der Waals surface area (Å²) in [4.78, 5) is 15.3. The summed E-state index contributed by atoms with van der Waals surface area (Å²) < 4.78 is 42.2. The van der Waals surface area contributed by atoms with Crippen LogP contribution >= 0.6 is 22.7 Å². The molecule has 4 rings (SSSR count). The van der Waals surface area contributed by atoms with Crippen molar-refractivity contribution < 1.29 is 17.6 Å². The molecule has 0 N–H and O–H groups in total. The fraction of sp³-hybridized carbons (Fsp3) is 0.278. The van der Waals surface area contributed by atoms with E-state index in [4.69, 9.17) is 0 Å². The predicted octanol–water partition coefficient (Wildman–Crippen LogP) is 3.64. The molecule has 1 saturated heterocycles. The smallest absolute Gasteiger partial charge is 0.264 e. The Morgan fingerprint density at radius 1 is 1.00 bits per heavy atom. The summed E-state index contributed by atoms with van der Waals surface area (Å²) in [7, 11) is -3.69. The van der Waals surface area contributed by atoms with E-state index in [1.807, 2.05) is 17.5 Å². The normalized spacial score (nSPS) is 16.6. The number of hydrogen-bond donors (Lipinski definition) is 0. The van der Waals surface area contributed by atoms with E-state index in [0.29, 0.717) is 30.9 Å². The maximum Gasteiger partial charge on any atom is 0.264 e. The molecule has 1 aliphatic heterocycles. The van der Waals surface area contributed by atoms with Gasteiger partial charge in [0.1, 0.15) is 5.82 Å². The Hall–Kier alpha value is -1.81. The molecule has 142 valence electrons. The second-order valence-corrected chi connectivity index (χ2v) is 10.2. The average Bonchev–Trinajstić information content (AvgIpc) is 3.15. The van der Waals surface area contributed by atoms with Gasteiger partial charge in [-0.15, -0.1) is 22.7 Å². The van der Waals surface area contributed by atoms with Crippen LogP contribution in [0.3, 0.4) is 0 Å². The maximum atomic E-state index is 13.1. The standard InChI is InChI=1S/C18H17FN2O3S3/c19-13-2-4-14(5-3-13)27(23,24)21-8-1-7-20(9-10-21)18(22)17-12-16-15(26-17)6-11-25-16/h2-6,11-12H,1,7-10H2. The molecular formula is C18H17FN2O3S3. The van der Waals surface area contributed by atoms with Crippen LogP contribution in [0.15, 0.2) is 46.7 Å². The Balaban J connectivity index is 1.49. The highest BCUT2D eigenvalue weighted by Crippen LogP contribution is 2.31. The van der Waals surface area contributed by atoms with Crippen molar-refractivity contribution in [3.8, 4) is 0 Å². The van der Waals surface area contributed by atoms with Crippen LogP contribution in [0.2, 0.25) is 0 Å². The molecule has 0 atom stereocenters. The number of rotatable bonds is 3. The van der Waals surface area contributed by atoms with Gasteiger partial charge in [-0.05, 0) is 48.2 Å². The first-order chi connectivity index (χ1) is 12.9. The van der Waals surface area contributed by atoms with Crippen molar-refractivity contribution in [2.45, 2.75) is 11.3 Å². The fourth-order valence-electron chi connectivity index (χ4n) is 3.12. The summed E-state index contributed by atoms with van der Waals surface area (Å²) >= 11 is 3.07. The highest BCUT2D eigenvalue weighted by atomic mass is 32.2. The minimum Gasteiger partial charge on any atom is -0.337 e. The summed E-state index contributed by atoms with van der Waals surface area (Å²) in [5.41, 5.74) is 0. The number of carbonyl (C=O) groups is 1. The van der Waals surface area contributed by atoms with Gasteiger partial charge < -0.3 is 4.90 Å². The minimum atomic E-state index is -3.69. The van der Waals surface area contributed by atoms with Crippen molar-refractivity contribution in [1.29, 1.82) is 0 Å². The Morgan fingerprint density at radius 3 is 2.52 bits per heavy atom. The Labute approximate surface area is 164 Å². The molecule has 3 aromatic rings. The van der Waals surface area contributed by atoms with E-state index in [0.717, 1.165) is 21.5 Å². The largest absolute Gasteiger partial charge is 0.337 e. The van der Waals surface area contributed by atoms with Crippen LogP contribution in [0.5, 0.6) is 0 Å². The molecule has 0 bridgehead atoms. The van der Waals surface area contributed by atoms with Crippen LogP contribution in [-0.2, 0) is 10.0 Å². The summed E-state index contributed by atoms with van der Waals surface area (Å²) in [6.45, 7) is 1.42. The molecule has 2 aromatic heterocycles. The van der Waals surface area contributed by atoms with E-state index < -0.39 is 15.8 Å². The third-order valence-corrected chi connectivity index (χ3v) is 8.54. The average molecular weight is 425 g/mol. The number of hydrogen-bond acceptors (Lipinski definition) is 5. The van der Waals surface area contributed by atoms with Crippen LogP contribution < -0.4 is 0 Å². The number of fused-ring (bicyclic) bond motifs is 1. The molecule has 0 radical (unpaired) electrons. The van der Waals surface area contributed by atoms with Gasteiger partial charge in [-0.1, -0.05) is 0 Å². The molecule has 1 amide bonds. The molecule has 0 spiro atoms. The number of carbonyl (C=O) groups excluding carboxylic acids is 1. The molecule has 0 aliphatic carbocycles. The number of nitrogens with zero attached hydrogens (tertiary/aromatic N) is 2. The quantitative estimate of drug-likeness (QED) is 0.645. The molecular weight excluding hydrogens is 407 g/mol. The zero-order valence-electron chi connectivity index (χ0n) is 14.3. The van der Waals surface area contributed by atoms with Crippen molar-refractivity contribution in [2.24, 2.45) is 0 Å². The second-order valence-electron chi connectivity index (χ2n) is 6.26. The zero-order chi connectivity index (χ0) is 19.0. The van der Waals surface area contributed by atoms with E-state index >= 15 is 0 Å². The third kappa shape index (κ3) is 3.64. The fourth-order valence-corrected chi connectivity index (χ4v) is 6.67. The molecule has 1 fully saturated rings. The Morgan fingerprint density at radius 2 is 1.78 bits per heavy atom. The van der Waals surface area contributed by atoms with Crippen molar-refractivity contribution in [2.75, 3.05) is 26.2 Å². The van der Waals surface area contributed by atoms with E-state index in [2.05, 4.69) is 0 Å². The van der Waals surface area contributed by atoms with E-state index in [-0.39, 0.29) is 17.3 Å². The van der Waals surface area contributed by atoms with Crippen molar-refractivity contribution >= 4 is 48.0 Å². The Kier molecular flexibility index (Phi) is 5.02. The molecule has 0 unspecified atom stereocenters. The van der Waals surface area contributed by atoms with Crippen molar-refractivity contribution in [3.63, 3.8) is 0 Å². The van der Waals surface area contributed by atoms with E-state index in [1.165, 1.54) is 27.8 Å². The lowest BCUT2D eigenvalue weighted by Crippen LogP contribution is -2.37. The van der Waals surface area contributed by atoms with Crippen LogP contribution in [-0.4, -0.2) is 49.7 Å². The van der Waals surface area contributed by atoms with Crippen LogP contribution in [0.1, 0.15) is 16.1 Å². The van der Waals surface area contributed by atoms with Gasteiger partial charge in [-0.2, -0.15) is 4.31 Å². The van der Waals surface area contributed by atoms with Gasteiger partial charge in [0, 0.05) is 35.6 Å². The van der Waals surface area contributed by atoms with Gasteiger partial charge in [-0.25, -0.2) is 12.8 Å². The summed E-state index contributed by atoms with van der Waals surface area (Å²) in [6, 6.07) is 8.74. The molecule has 1 aromatic carbocycles. The monoisotopic (exact) mass is 424 g/mol. The number of benzene rings is 1. The first-order valence-corrected chi connectivity index (χ1v) is 11.6. The summed E-state index contributed by atoms with van der Waals surface area (Å²) in [6.07, 6.45) is 0.561. The lowest BCUT2D eigenvalue weighted by atomic mass is 10.3. The first-order valence-electron chi connectivity index (χ1n) is 8.47. The first kappa shape index (κ1) is 18.5. The second kappa shape index (κ2) is 7.31.